The summed E-state index contributed by atoms with van der Waals surface area (Å²) in [4.78, 5) is 0. The summed E-state index contributed by atoms with van der Waals surface area (Å²) in [7, 11) is -4.53. The molecule has 2 aliphatic rings. The first kappa shape index (κ1) is 18.2. The maximum absolute atomic E-state index is 12.2. The number of hydrogen-bond acceptors (Lipinski definition) is 3. The van der Waals surface area contributed by atoms with Crippen LogP contribution in [0.15, 0.2) is 11.6 Å². The summed E-state index contributed by atoms with van der Waals surface area (Å²) in [6, 6.07) is 0. The summed E-state index contributed by atoms with van der Waals surface area (Å²) >= 11 is 0. The largest absolute Gasteiger partial charge is 0.417 e. The molecular weight excluding hydrogens is 312 g/mol. The smallest absolute Gasteiger partial charge is 0.191 e. The summed E-state index contributed by atoms with van der Waals surface area (Å²) in [5, 5.41) is -0.0498. The molecule has 1 fully saturated rings. The molecule has 1 saturated heterocycles. The zero-order valence-corrected chi connectivity index (χ0v) is 16.6. The van der Waals surface area contributed by atoms with Crippen LogP contribution >= 0.6 is 0 Å². The van der Waals surface area contributed by atoms with Crippen molar-refractivity contribution in [1.29, 1.82) is 0 Å². The molecule has 0 N–H and O–H groups in total. The third kappa shape index (κ3) is 3.85. The van der Waals surface area contributed by atoms with Gasteiger partial charge in [0, 0.05) is 6.61 Å². The van der Waals surface area contributed by atoms with Crippen molar-refractivity contribution in [2.75, 3.05) is 6.61 Å². The summed E-state index contributed by atoms with van der Waals surface area (Å²) < 4.78 is 30.7. The minimum Gasteiger partial charge on any atom is -0.417 e. The van der Waals surface area contributed by atoms with Crippen molar-refractivity contribution in [3.63, 3.8) is 0 Å². The third-order valence-electron chi connectivity index (χ3n) is 5.72. The fraction of sp³-hybridized carbons (Fsp3) is 0.882. The van der Waals surface area contributed by atoms with Crippen LogP contribution in [0, 0.1) is 0 Å². The van der Waals surface area contributed by atoms with Gasteiger partial charge in [-0.3, -0.25) is 0 Å². The Balaban J connectivity index is 1.85. The van der Waals surface area contributed by atoms with E-state index >= 15 is 0 Å². The molecule has 0 aromatic heterocycles. The highest BCUT2D eigenvalue weighted by Gasteiger charge is 2.40. The molecule has 0 aromatic carbocycles. The standard InChI is InChI=1S/C17H32O3SSi/c1-17(2,3)22(4,5)20-11-7-8-14-12-15-9-6-10-16(13-14)21(15,18)19/h12,15-16H,6-11,13H2,1-5H3. The first-order chi connectivity index (χ1) is 10.0. The van der Waals surface area contributed by atoms with Gasteiger partial charge in [0.2, 0.25) is 0 Å². The first-order valence-electron chi connectivity index (χ1n) is 8.60. The molecule has 2 aliphatic heterocycles. The molecule has 0 radical (unpaired) electrons. The van der Waals surface area contributed by atoms with Crippen LogP contribution in [-0.2, 0) is 14.3 Å². The number of sulfone groups is 1. The zero-order valence-electron chi connectivity index (χ0n) is 14.8. The number of fused-ring (bicyclic) bond motifs is 2. The second kappa shape index (κ2) is 6.40. The molecule has 0 saturated carbocycles. The highest BCUT2D eigenvalue weighted by atomic mass is 32.2. The third-order valence-corrected chi connectivity index (χ3v) is 12.8. The molecule has 2 heterocycles. The molecule has 0 aromatic rings. The van der Waals surface area contributed by atoms with Crippen LogP contribution in [0.5, 0.6) is 0 Å². The molecule has 0 spiro atoms. The molecule has 22 heavy (non-hydrogen) atoms. The maximum Gasteiger partial charge on any atom is 0.191 e. The second-order valence-electron chi connectivity index (χ2n) is 8.42. The van der Waals surface area contributed by atoms with Crippen LogP contribution in [0.4, 0.5) is 0 Å². The second-order valence-corrected chi connectivity index (χ2v) is 15.7. The lowest BCUT2D eigenvalue weighted by Crippen LogP contribution is -2.41. The minimum absolute atomic E-state index is 0.104. The zero-order chi connectivity index (χ0) is 16.6. The number of hydrogen-bond donors (Lipinski definition) is 0. The normalized spacial score (nSPS) is 28.3. The molecule has 2 atom stereocenters. The fourth-order valence-corrected chi connectivity index (χ4v) is 6.57. The molecule has 0 amide bonds. The van der Waals surface area contributed by atoms with Crippen LogP contribution in [0.25, 0.3) is 0 Å². The van der Waals surface area contributed by atoms with E-state index in [1.807, 2.05) is 0 Å². The Bertz CT molecular complexity index is 529. The molecule has 5 heteroatoms. The predicted octanol–water partition coefficient (Wildman–Crippen LogP) is 4.45. The van der Waals surface area contributed by atoms with E-state index in [1.165, 1.54) is 5.57 Å². The maximum atomic E-state index is 12.2. The summed E-state index contributed by atoms with van der Waals surface area (Å²) in [6.07, 6.45) is 7.57. The molecular formula is C17H32O3SSi. The SMILES string of the molecule is CC(C)(C)[Si](C)(C)OCCCC1=CC2CCCC(C1)S2(=O)=O. The van der Waals surface area contributed by atoms with Crippen molar-refractivity contribution in [2.45, 2.75) is 87.9 Å². The van der Waals surface area contributed by atoms with E-state index in [-0.39, 0.29) is 15.5 Å². The van der Waals surface area contributed by atoms with Gasteiger partial charge in [0.05, 0.1) is 10.5 Å². The van der Waals surface area contributed by atoms with Gasteiger partial charge in [-0.05, 0) is 50.2 Å². The van der Waals surface area contributed by atoms with Gasteiger partial charge in [-0.2, -0.15) is 0 Å². The Hall–Kier alpha value is -0.133. The van der Waals surface area contributed by atoms with Gasteiger partial charge in [-0.25, -0.2) is 8.42 Å². The molecule has 128 valence electrons. The van der Waals surface area contributed by atoms with Gasteiger partial charge < -0.3 is 4.43 Å². The summed E-state index contributed by atoms with van der Waals surface area (Å²) in [5.74, 6) is 0. The molecule has 3 nitrogen and oxygen atoms in total. The highest BCUT2D eigenvalue weighted by Crippen LogP contribution is 2.38. The monoisotopic (exact) mass is 344 g/mol. The van der Waals surface area contributed by atoms with E-state index in [4.69, 9.17) is 4.43 Å². The average molecular weight is 345 g/mol. The van der Waals surface area contributed by atoms with Crippen LogP contribution in [0.2, 0.25) is 18.1 Å². The Morgan fingerprint density at radius 3 is 2.55 bits per heavy atom. The molecule has 2 unspecified atom stereocenters. The van der Waals surface area contributed by atoms with Gasteiger partial charge in [-0.15, -0.1) is 0 Å². The highest BCUT2D eigenvalue weighted by molar-refractivity contribution is 7.92. The molecule has 0 aliphatic carbocycles. The van der Waals surface area contributed by atoms with E-state index < -0.39 is 18.2 Å². The van der Waals surface area contributed by atoms with Crippen LogP contribution in [0.1, 0.15) is 59.3 Å². The van der Waals surface area contributed by atoms with E-state index in [0.29, 0.717) is 0 Å². The van der Waals surface area contributed by atoms with E-state index in [0.717, 1.165) is 45.1 Å². The van der Waals surface area contributed by atoms with Crippen LogP contribution < -0.4 is 0 Å². The Labute approximate surface area is 137 Å². The van der Waals surface area contributed by atoms with Crippen molar-refractivity contribution >= 4 is 18.2 Å². The van der Waals surface area contributed by atoms with Crippen molar-refractivity contribution in [2.24, 2.45) is 0 Å². The van der Waals surface area contributed by atoms with Crippen LogP contribution in [0.3, 0.4) is 0 Å². The van der Waals surface area contributed by atoms with Gasteiger partial charge in [-0.1, -0.05) is 38.8 Å². The predicted molar refractivity (Wildman–Crippen MR) is 95.4 cm³/mol. The van der Waals surface area contributed by atoms with Crippen molar-refractivity contribution < 1.29 is 12.8 Å². The Kier molecular flexibility index (Phi) is 5.30. The fourth-order valence-electron chi connectivity index (χ4n) is 3.17. The molecule has 2 rings (SSSR count). The quantitative estimate of drug-likeness (QED) is 0.420. The number of rotatable bonds is 5. The van der Waals surface area contributed by atoms with Crippen LogP contribution in [-0.4, -0.2) is 33.8 Å². The van der Waals surface area contributed by atoms with Gasteiger partial charge in [0.1, 0.15) is 0 Å². The van der Waals surface area contributed by atoms with E-state index in [1.54, 1.807) is 0 Å². The van der Waals surface area contributed by atoms with Gasteiger partial charge in [0.15, 0.2) is 18.2 Å². The topological polar surface area (TPSA) is 43.4 Å². The summed E-state index contributed by atoms with van der Waals surface area (Å²) in [5.41, 5.74) is 1.35. The minimum atomic E-state index is -2.87. The number of allylic oxidation sites excluding steroid dienone is 1. The summed E-state index contributed by atoms with van der Waals surface area (Å²) in [6.45, 7) is 12.1. The Morgan fingerprint density at radius 2 is 1.95 bits per heavy atom. The van der Waals surface area contributed by atoms with Gasteiger partial charge in [0.25, 0.3) is 0 Å². The van der Waals surface area contributed by atoms with E-state index in [2.05, 4.69) is 39.9 Å². The van der Waals surface area contributed by atoms with Crippen molar-refractivity contribution in [1.82, 2.24) is 0 Å². The van der Waals surface area contributed by atoms with Crippen molar-refractivity contribution in [3.05, 3.63) is 11.6 Å². The van der Waals surface area contributed by atoms with E-state index in [9.17, 15) is 8.42 Å². The average Bonchev–Trinajstić information content (AvgIpc) is 2.33. The lowest BCUT2D eigenvalue weighted by Gasteiger charge is -2.36. The lowest BCUT2D eigenvalue weighted by atomic mass is 9.95. The van der Waals surface area contributed by atoms with Gasteiger partial charge >= 0.3 is 0 Å². The first-order valence-corrected chi connectivity index (χ1v) is 13.1. The van der Waals surface area contributed by atoms with Crippen molar-refractivity contribution in [3.8, 4) is 0 Å². The Morgan fingerprint density at radius 1 is 1.27 bits per heavy atom. The lowest BCUT2D eigenvalue weighted by molar-refractivity contribution is 0.281. The molecule has 2 bridgehead atoms.